The Morgan fingerprint density at radius 2 is 1.93 bits per heavy atom. The van der Waals surface area contributed by atoms with Crippen molar-refractivity contribution in [2.24, 2.45) is 5.92 Å². The summed E-state index contributed by atoms with van der Waals surface area (Å²) in [5.41, 5.74) is 1.40. The third-order valence-corrected chi connectivity index (χ3v) is 3.48. The van der Waals surface area contributed by atoms with Crippen LogP contribution >= 0.6 is 0 Å². The molecule has 0 amide bonds. The van der Waals surface area contributed by atoms with Crippen molar-refractivity contribution < 1.29 is 0 Å². The zero-order valence-electron chi connectivity index (χ0n) is 9.74. The lowest BCUT2D eigenvalue weighted by molar-refractivity contribution is 0.449. The third-order valence-electron chi connectivity index (χ3n) is 3.48. The Bertz CT molecular complexity index is 293. The smallest absolute Gasteiger partial charge is 0.0294 e. The van der Waals surface area contributed by atoms with Crippen molar-refractivity contribution in [3.8, 4) is 0 Å². The molecule has 0 bridgehead atoms. The van der Waals surface area contributed by atoms with Crippen LogP contribution in [-0.4, -0.2) is 6.04 Å². The Morgan fingerprint density at radius 3 is 2.53 bits per heavy atom. The highest BCUT2D eigenvalue weighted by Crippen LogP contribution is 2.26. The van der Waals surface area contributed by atoms with Crippen LogP contribution in [0.5, 0.6) is 0 Å². The number of nitrogens with one attached hydrogen (secondary N) is 1. The molecule has 1 heteroatoms. The van der Waals surface area contributed by atoms with E-state index in [1.807, 2.05) is 0 Å². The maximum absolute atomic E-state index is 3.73. The average Bonchev–Trinajstić information content (AvgIpc) is 2.65. The van der Waals surface area contributed by atoms with Crippen LogP contribution in [0.25, 0.3) is 0 Å². The molecule has 15 heavy (non-hydrogen) atoms. The van der Waals surface area contributed by atoms with Gasteiger partial charge in [0.05, 0.1) is 0 Å². The molecule has 1 aromatic carbocycles. The summed E-state index contributed by atoms with van der Waals surface area (Å²) in [5, 5.41) is 3.73. The average molecular weight is 203 g/mol. The highest BCUT2D eigenvalue weighted by atomic mass is 14.9. The highest BCUT2D eigenvalue weighted by molar-refractivity contribution is 5.18. The maximum atomic E-state index is 3.73. The summed E-state index contributed by atoms with van der Waals surface area (Å²) in [4.78, 5) is 0. The van der Waals surface area contributed by atoms with E-state index in [4.69, 9.17) is 0 Å². The molecule has 0 aromatic heterocycles. The van der Waals surface area contributed by atoms with Crippen LogP contribution in [0.15, 0.2) is 30.3 Å². The molecule has 1 aromatic rings. The summed E-state index contributed by atoms with van der Waals surface area (Å²) in [6, 6.07) is 11.9. The molecular formula is C14H21N. The van der Waals surface area contributed by atoms with Gasteiger partial charge in [0.2, 0.25) is 0 Å². The van der Waals surface area contributed by atoms with Gasteiger partial charge in [-0.15, -0.1) is 0 Å². The van der Waals surface area contributed by atoms with Gasteiger partial charge >= 0.3 is 0 Å². The third kappa shape index (κ3) is 2.82. The van der Waals surface area contributed by atoms with E-state index in [-0.39, 0.29) is 0 Å². The van der Waals surface area contributed by atoms with E-state index in [0.29, 0.717) is 6.04 Å². The van der Waals surface area contributed by atoms with Gasteiger partial charge in [0, 0.05) is 12.1 Å². The molecule has 1 fully saturated rings. The lowest BCUT2D eigenvalue weighted by Gasteiger charge is -2.19. The van der Waals surface area contributed by atoms with Crippen LogP contribution in [0.2, 0.25) is 0 Å². The quantitative estimate of drug-likeness (QED) is 0.792. The van der Waals surface area contributed by atoms with Gasteiger partial charge in [0.25, 0.3) is 0 Å². The molecule has 1 aliphatic carbocycles. The van der Waals surface area contributed by atoms with E-state index >= 15 is 0 Å². The Kier molecular flexibility index (Phi) is 3.42. The van der Waals surface area contributed by atoms with Crippen LogP contribution < -0.4 is 5.32 Å². The van der Waals surface area contributed by atoms with Gasteiger partial charge in [0.15, 0.2) is 0 Å². The molecule has 1 N–H and O–H groups in total. The van der Waals surface area contributed by atoms with E-state index in [1.165, 1.54) is 24.8 Å². The molecule has 0 radical (unpaired) electrons. The van der Waals surface area contributed by atoms with Gasteiger partial charge in [-0.2, -0.15) is 0 Å². The largest absolute Gasteiger partial charge is 0.307 e. The Labute approximate surface area is 92.9 Å². The standard InChI is InChI=1S/C14H21N/c1-11-8-9-14(10-11)15-12(2)13-6-4-3-5-7-13/h3-7,11-12,14-15H,8-10H2,1-2H3/t11?,12-,14?/m1/s1. The fraction of sp³-hybridized carbons (Fsp3) is 0.571. The van der Waals surface area contributed by atoms with E-state index in [2.05, 4.69) is 49.5 Å². The number of rotatable bonds is 3. The van der Waals surface area contributed by atoms with Crippen LogP contribution in [0.1, 0.15) is 44.7 Å². The Hall–Kier alpha value is -0.820. The Balaban J connectivity index is 1.90. The number of hydrogen-bond donors (Lipinski definition) is 1. The van der Waals surface area contributed by atoms with Gasteiger partial charge in [0.1, 0.15) is 0 Å². The molecule has 1 nitrogen and oxygen atoms in total. The normalized spacial score (nSPS) is 27.9. The topological polar surface area (TPSA) is 12.0 Å². The predicted molar refractivity (Wildman–Crippen MR) is 64.8 cm³/mol. The van der Waals surface area contributed by atoms with Crippen molar-refractivity contribution in [3.63, 3.8) is 0 Å². The summed E-state index contributed by atoms with van der Waals surface area (Å²) in [7, 11) is 0. The molecule has 0 heterocycles. The first-order valence-electron chi connectivity index (χ1n) is 6.06. The van der Waals surface area contributed by atoms with Crippen molar-refractivity contribution in [2.45, 2.75) is 45.2 Å². The van der Waals surface area contributed by atoms with Crippen molar-refractivity contribution in [1.82, 2.24) is 5.32 Å². The fourth-order valence-corrected chi connectivity index (χ4v) is 2.55. The first kappa shape index (κ1) is 10.7. The molecule has 1 aliphatic rings. The lowest BCUT2D eigenvalue weighted by Crippen LogP contribution is -2.29. The predicted octanol–water partition coefficient (Wildman–Crippen LogP) is 3.53. The maximum Gasteiger partial charge on any atom is 0.0294 e. The number of hydrogen-bond acceptors (Lipinski definition) is 1. The summed E-state index contributed by atoms with van der Waals surface area (Å²) >= 11 is 0. The molecule has 0 aliphatic heterocycles. The zero-order valence-corrected chi connectivity index (χ0v) is 9.74. The molecule has 0 saturated heterocycles. The first-order valence-corrected chi connectivity index (χ1v) is 6.06. The summed E-state index contributed by atoms with van der Waals surface area (Å²) < 4.78 is 0. The van der Waals surface area contributed by atoms with Crippen molar-refractivity contribution in [3.05, 3.63) is 35.9 Å². The van der Waals surface area contributed by atoms with Gasteiger partial charge < -0.3 is 5.32 Å². The fourth-order valence-electron chi connectivity index (χ4n) is 2.55. The van der Waals surface area contributed by atoms with Crippen LogP contribution in [0, 0.1) is 5.92 Å². The molecule has 1 saturated carbocycles. The van der Waals surface area contributed by atoms with Crippen LogP contribution in [0.3, 0.4) is 0 Å². The van der Waals surface area contributed by atoms with Crippen LogP contribution in [0.4, 0.5) is 0 Å². The van der Waals surface area contributed by atoms with Crippen molar-refractivity contribution in [1.29, 1.82) is 0 Å². The molecule has 2 rings (SSSR count). The van der Waals surface area contributed by atoms with Gasteiger partial charge in [-0.25, -0.2) is 0 Å². The van der Waals surface area contributed by atoms with Gasteiger partial charge in [-0.05, 0) is 37.7 Å². The second-order valence-electron chi connectivity index (χ2n) is 4.91. The highest BCUT2D eigenvalue weighted by Gasteiger charge is 2.22. The molecule has 2 unspecified atom stereocenters. The van der Waals surface area contributed by atoms with E-state index in [0.717, 1.165) is 12.0 Å². The SMILES string of the molecule is CC1CCC(N[C@H](C)c2ccccc2)C1. The first-order chi connectivity index (χ1) is 7.25. The Morgan fingerprint density at radius 1 is 1.20 bits per heavy atom. The van der Waals surface area contributed by atoms with E-state index in [9.17, 15) is 0 Å². The summed E-state index contributed by atoms with van der Waals surface area (Å²) in [6.07, 6.45) is 4.08. The minimum atomic E-state index is 0.487. The summed E-state index contributed by atoms with van der Waals surface area (Å²) in [5.74, 6) is 0.908. The second-order valence-corrected chi connectivity index (χ2v) is 4.91. The lowest BCUT2D eigenvalue weighted by atomic mass is 10.1. The minimum Gasteiger partial charge on any atom is -0.307 e. The van der Waals surface area contributed by atoms with Gasteiger partial charge in [-0.1, -0.05) is 37.3 Å². The van der Waals surface area contributed by atoms with E-state index in [1.54, 1.807) is 0 Å². The zero-order chi connectivity index (χ0) is 10.7. The number of benzene rings is 1. The van der Waals surface area contributed by atoms with Crippen molar-refractivity contribution >= 4 is 0 Å². The van der Waals surface area contributed by atoms with Gasteiger partial charge in [-0.3, -0.25) is 0 Å². The molecular weight excluding hydrogens is 182 g/mol. The second kappa shape index (κ2) is 4.80. The minimum absolute atomic E-state index is 0.487. The molecule has 82 valence electrons. The van der Waals surface area contributed by atoms with Crippen molar-refractivity contribution in [2.75, 3.05) is 0 Å². The van der Waals surface area contributed by atoms with Crippen LogP contribution in [-0.2, 0) is 0 Å². The van der Waals surface area contributed by atoms with E-state index < -0.39 is 0 Å². The molecule has 3 atom stereocenters. The molecule has 0 spiro atoms. The monoisotopic (exact) mass is 203 g/mol. The summed E-state index contributed by atoms with van der Waals surface area (Å²) in [6.45, 7) is 4.62.